The third-order valence-electron chi connectivity index (χ3n) is 11.4. The molecule has 4 heteroatoms. The minimum atomic E-state index is 0.937. The molecule has 0 fully saturated rings. The van der Waals surface area contributed by atoms with E-state index < -0.39 is 0 Å². The third kappa shape index (κ3) is 4.44. The molecule has 0 atom stereocenters. The zero-order valence-corrected chi connectivity index (χ0v) is 30.0. The van der Waals surface area contributed by atoms with Crippen LogP contribution in [0.25, 0.3) is 99.0 Å². The summed E-state index contributed by atoms with van der Waals surface area (Å²) in [5.74, 6) is 0. The van der Waals surface area contributed by atoms with Crippen molar-refractivity contribution < 1.29 is 0 Å². The van der Waals surface area contributed by atoms with Gasteiger partial charge in [-0.2, -0.15) is 0 Å². The molecule has 0 aliphatic heterocycles. The number of benzene rings is 7. The van der Waals surface area contributed by atoms with Gasteiger partial charge in [-0.25, -0.2) is 0 Å². The molecule has 0 radical (unpaired) electrons. The van der Waals surface area contributed by atoms with Crippen molar-refractivity contribution in [1.82, 2.24) is 19.1 Å². The van der Waals surface area contributed by atoms with Gasteiger partial charge in [-0.3, -0.25) is 9.97 Å². The largest absolute Gasteiger partial charge is 0.309 e. The Hall–Kier alpha value is -7.04. The van der Waals surface area contributed by atoms with Crippen molar-refractivity contribution >= 4 is 65.4 Å². The minimum absolute atomic E-state index is 0.937. The zero-order valence-electron chi connectivity index (χ0n) is 30.0. The second-order valence-electron chi connectivity index (χ2n) is 14.3. The summed E-state index contributed by atoms with van der Waals surface area (Å²) in [6.07, 6.45) is 4.04. The second kappa shape index (κ2) is 11.7. The van der Waals surface area contributed by atoms with E-state index in [2.05, 4.69) is 181 Å². The Morgan fingerprint density at radius 1 is 0.333 bits per heavy atom. The maximum atomic E-state index is 5.06. The molecular weight excluding hydrogens is 657 g/mol. The van der Waals surface area contributed by atoms with Gasteiger partial charge in [0.25, 0.3) is 0 Å². The summed E-state index contributed by atoms with van der Waals surface area (Å²) in [7, 11) is 0. The van der Waals surface area contributed by atoms with Crippen LogP contribution in [-0.4, -0.2) is 19.1 Å². The van der Waals surface area contributed by atoms with Gasteiger partial charge in [0.15, 0.2) is 0 Å². The molecule has 4 heterocycles. The molecule has 0 aliphatic rings. The maximum Gasteiger partial charge on any atom is 0.0967 e. The average molecular weight is 691 g/mol. The number of pyridine rings is 2. The fourth-order valence-corrected chi connectivity index (χ4v) is 8.75. The molecule has 0 saturated heterocycles. The molecule has 54 heavy (non-hydrogen) atoms. The highest BCUT2D eigenvalue weighted by Crippen LogP contribution is 2.38. The van der Waals surface area contributed by atoms with Crippen molar-refractivity contribution in [3.8, 4) is 33.6 Å². The van der Waals surface area contributed by atoms with Crippen molar-refractivity contribution in [3.63, 3.8) is 0 Å². The van der Waals surface area contributed by atoms with Gasteiger partial charge in [0.2, 0.25) is 0 Å². The van der Waals surface area contributed by atoms with Gasteiger partial charge in [-0.15, -0.1) is 0 Å². The second-order valence-corrected chi connectivity index (χ2v) is 14.3. The van der Waals surface area contributed by atoms with Crippen LogP contribution in [0, 0.1) is 13.8 Å². The molecule has 7 aromatic carbocycles. The molecular formula is C50H34N4. The minimum Gasteiger partial charge on any atom is -0.309 e. The SMILES string of the molecule is Cc1c(-c2ccc(-n3c4ccccc4c4ccccc43)cc2)cnc2c1ccc1c(C)c(-c3ccc(-n4c5ccccc5c5ccccc54)cc3)cnc12. The van der Waals surface area contributed by atoms with E-state index in [9.17, 15) is 0 Å². The summed E-state index contributed by atoms with van der Waals surface area (Å²) < 4.78 is 4.71. The molecule has 0 aliphatic carbocycles. The Morgan fingerprint density at radius 2 is 0.648 bits per heavy atom. The normalized spacial score (nSPS) is 11.9. The zero-order chi connectivity index (χ0) is 35.9. The molecule has 0 bridgehead atoms. The fourth-order valence-electron chi connectivity index (χ4n) is 8.75. The first-order chi connectivity index (χ1) is 26.6. The summed E-state index contributed by atoms with van der Waals surface area (Å²) in [4.78, 5) is 10.1. The molecule has 0 unspecified atom stereocenters. The van der Waals surface area contributed by atoms with Gasteiger partial charge in [-0.05, 0) is 84.6 Å². The number of nitrogens with zero attached hydrogens (tertiary/aromatic N) is 4. The summed E-state index contributed by atoms with van der Waals surface area (Å²) in [6, 6.07) is 56.8. The van der Waals surface area contributed by atoms with Crippen LogP contribution in [0.1, 0.15) is 11.1 Å². The van der Waals surface area contributed by atoms with Crippen LogP contribution in [0.5, 0.6) is 0 Å². The first kappa shape index (κ1) is 30.6. The van der Waals surface area contributed by atoms with E-state index in [1.807, 2.05) is 12.4 Å². The average Bonchev–Trinajstić information content (AvgIpc) is 3.75. The molecule has 4 nitrogen and oxygen atoms in total. The Balaban J connectivity index is 0.947. The summed E-state index contributed by atoms with van der Waals surface area (Å²) >= 11 is 0. The number of hydrogen-bond acceptors (Lipinski definition) is 2. The van der Waals surface area contributed by atoms with Crippen LogP contribution in [0.15, 0.2) is 170 Å². The standard InChI is InChI=1S/C50H34N4/c1-31-37-27-28-38-32(2)44(34-21-25-36(26-22-34)54-47-17-9-5-13-41(47)42-14-6-10-18-48(42)54)30-52-50(38)49(37)51-29-43(31)33-19-23-35(24-20-33)53-45-15-7-3-11-39(45)40-12-4-8-16-46(40)53/h3-30H,1-2H3. The van der Waals surface area contributed by atoms with E-state index in [1.165, 1.54) is 54.7 Å². The van der Waals surface area contributed by atoms with Crippen molar-refractivity contribution in [3.05, 3.63) is 181 Å². The fraction of sp³-hybridized carbons (Fsp3) is 0.0400. The van der Waals surface area contributed by atoms with E-state index >= 15 is 0 Å². The molecule has 254 valence electrons. The highest BCUT2D eigenvalue weighted by molar-refractivity contribution is 6.11. The van der Waals surface area contributed by atoms with E-state index in [-0.39, 0.29) is 0 Å². The van der Waals surface area contributed by atoms with Crippen molar-refractivity contribution in [2.45, 2.75) is 13.8 Å². The first-order valence-electron chi connectivity index (χ1n) is 18.5. The summed E-state index contributed by atoms with van der Waals surface area (Å²) in [5, 5.41) is 7.32. The first-order valence-corrected chi connectivity index (χ1v) is 18.5. The van der Waals surface area contributed by atoms with Gasteiger partial charge < -0.3 is 9.13 Å². The van der Waals surface area contributed by atoms with Crippen LogP contribution < -0.4 is 0 Å². The van der Waals surface area contributed by atoms with Crippen LogP contribution in [0.3, 0.4) is 0 Å². The van der Waals surface area contributed by atoms with Crippen molar-refractivity contribution in [2.24, 2.45) is 0 Å². The Morgan fingerprint density at radius 3 is 0.981 bits per heavy atom. The maximum absolute atomic E-state index is 5.06. The van der Waals surface area contributed by atoms with Gasteiger partial charge >= 0.3 is 0 Å². The predicted molar refractivity (Wildman–Crippen MR) is 226 cm³/mol. The van der Waals surface area contributed by atoms with E-state index in [0.717, 1.165) is 55.4 Å². The van der Waals surface area contributed by atoms with Crippen molar-refractivity contribution in [2.75, 3.05) is 0 Å². The lowest BCUT2D eigenvalue weighted by molar-refractivity contribution is 1.18. The number of hydrogen-bond donors (Lipinski definition) is 0. The Labute approximate surface area is 312 Å². The topological polar surface area (TPSA) is 35.6 Å². The molecule has 11 aromatic rings. The van der Waals surface area contributed by atoms with E-state index in [0.29, 0.717) is 0 Å². The molecule has 0 saturated carbocycles. The van der Waals surface area contributed by atoms with Gasteiger partial charge in [0.05, 0.1) is 33.1 Å². The van der Waals surface area contributed by atoms with Gasteiger partial charge in [0.1, 0.15) is 0 Å². The lowest BCUT2D eigenvalue weighted by Crippen LogP contribution is -1.96. The lowest BCUT2D eigenvalue weighted by Gasteiger charge is -2.15. The number of aromatic nitrogens is 4. The number of rotatable bonds is 4. The Kier molecular flexibility index (Phi) is 6.65. The van der Waals surface area contributed by atoms with E-state index in [1.54, 1.807) is 0 Å². The number of aryl methyl sites for hydroxylation is 2. The van der Waals surface area contributed by atoms with Crippen LogP contribution >= 0.6 is 0 Å². The van der Waals surface area contributed by atoms with Crippen LogP contribution in [-0.2, 0) is 0 Å². The highest BCUT2D eigenvalue weighted by atomic mass is 15.0. The predicted octanol–water partition coefficient (Wildman–Crippen LogP) is 12.9. The highest BCUT2D eigenvalue weighted by Gasteiger charge is 2.17. The molecule has 4 aromatic heterocycles. The smallest absolute Gasteiger partial charge is 0.0967 e. The monoisotopic (exact) mass is 690 g/mol. The number of para-hydroxylation sites is 4. The summed E-state index contributed by atoms with van der Waals surface area (Å²) in [6.45, 7) is 4.40. The molecule has 11 rings (SSSR count). The van der Waals surface area contributed by atoms with Crippen LogP contribution in [0.4, 0.5) is 0 Å². The molecule has 0 amide bonds. The van der Waals surface area contributed by atoms with Crippen LogP contribution in [0.2, 0.25) is 0 Å². The molecule has 0 N–H and O–H groups in total. The van der Waals surface area contributed by atoms with Gasteiger partial charge in [0, 0.05) is 67.2 Å². The third-order valence-corrected chi connectivity index (χ3v) is 11.4. The summed E-state index contributed by atoms with van der Waals surface area (Å²) in [5.41, 5.74) is 16.0. The molecule has 0 spiro atoms. The van der Waals surface area contributed by atoms with E-state index in [4.69, 9.17) is 9.97 Å². The van der Waals surface area contributed by atoms with Gasteiger partial charge in [-0.1, -0.05) is 109 Å². The quantitative estimate of drug-likeness (QED) is 0.172. The number of fused-ring (bicyclic) bond motifs is 9. The lowest BCUT2D eigenvalue weighted by atomic mass is 9.95. The van der Waals surface area contributed by atoms with Crippen molar-refractivity contribution in [1.29, 1.82) is 0 Å². The Bertz CT molecular complexity index is 2950.